The van der Waals surface area contributed by atoms with E-state index in [1.54, 1.807) is 49.4 Å². The van der Waals surface area contributed by atoms with Gasteiger partial charge in [0.2, 0.25) is 0 Å². The molecule has 1 heterocycles. The van der Waals surface area contributed by atoms with Gasteiger partial charge in [0.25, 0.3) is 5.56 Å². The highest BCUT2D eigenvalue weighted by atomic mass is 16.4. The van der Waals surface area contributed by atoms with Gasteiger partial charge in [-0.15, -0.1) is 0 Å². The zero-order valence-corrected chi connectivity index (χ0v) is 13.5. The quantitative estimate of drug-likeness (QED) is 0.743. The van der Waals surface area contributed by atoms with E-state index in [-0.39, 0.29) is 5.78 Å². The predicted octanol–water partition coefficient (Wildman–Crippen LogP) is 3.58. The van der Waals surface area contributed by atoms with Crippen molar-refractivity contribution in [3.05, 3.63) is 93.9 Å². The van der Waals surface area contributed by atoms with Crippen molar-refractivity contribution in [3.63, 3.8) is 0 Å². The van der Waals surface area contributed by atoms with Crippen LogP contribution in [-0.4, -0.2) is 21.6 Å². The number of nitrogens with zero attached hydrogens (tertiary/aromatic N) is 1. The molecule has 0 bridgehead atoms. The van der Waals surface area contributed by atoms with Gasteiger partial charge in [-0.2, -0.15) is 0 Å². The molecule has 0 saturated heterocycles. The highest BCUT2D eigenvalue weighted by Crippen LogP contribution is 2.22. The fourth-order valence-electron chi connectivity index (χ4n) is 2.66. The maximum absolute atomic E-state index is 12.4. The third-order valence-electron chi connectivity index (χ3n) is 4.03. The van der Waals surface area contributed by atoms with E-state index in [1.807, 2.05) is 18.2 Å². The zero-order valence-electron chi connectivity index (χ0n) is 13.5. The van der Waals surface area contributed by atoms with E-state index < -0.39 is 11.7 Å². The summed E-state index contributed by atoms with van der Waals surface area (Å²) in [6.07, 6.45) is -0.0841. The number of hydrogen-bond donors (Lipinski definition) is 1. The first-order valence-corrected chi connectivity index (χ1v) is 7.65. The van der Waals surface area contributed by atoms with Gasteiger partial charge in [0.1, 0.15) is 0 Å². The third-order valence-corrected chi connectivity index (χ3v) is 4.03. The number of benzene rings is 2. The average Bonchev–Trinajstić information content (AvgIpc) is 2.64. The minimum Gasteiger partial charge on any atom is -0.464 e. The van der Waals surface area contributed by atoms with Crippen molar-refractivity contribution in [1.82, 2.24) is 4.57 Å². The highest BCUT2D eigenvalue weighted by molar-refractivity contribution is 6.09. The third kappa shape index (κ3) is 3.12. The number of pyridine rings is 1. The molecule has 3 rings (SSSR count). The van der Waals surface area contributed by atoms with Gasteiger partial charge >= 0.3 is 6.09 Å². The van der Waals surface area contributed by atoms with E-state index in [0.29, 0.717) is 26.8 Å². The van der Waals surface area contributed by atoms with E-state index in [2.05, 4.69) is 0 Å². The molecule has 0 aliphatic rings. The van der Waals surface area contributed by atoms with Crippen LogP contribution in [-0.2, 0) is 0 Å². The Morgan fingerprint density at radius 3 is 2.08 bits per heavy atom. The Bertz CT molecular complexity index is 1000. The summed E-state index contributed by atoms with van der Waals surface area (Å²) >= 11 is 0. The van der Waals surface area contributed by atoms with Crippen molar-refractivity contribution in [1.29, 1.82) is 0 Å². The summed E-state index contributed by atoms with van der Waals surface area (Å²) in [4.78, 5) is 35.5. The molecule has 0 fully saturated rings. The number of carbonyl (C=O) groups is 2. The van der Waals surface area contributed by atoms with Crippen LogP contribution in [0.15, 0.2) is 71.7 Å². The topological polar surface area (TPSA) is 76.4 Å². The van der Waals surface area contributed by atoms with E-state index in [4.69, 9.17) is 5.11 Å². The SMILES string of the molecule is Cc1c(-c2ccc(C(=O)c3ccccc3)cc2)ccn(C(=O)O)c1=O. The van der Waals surface area contributed by atoms with Gasteiger partial charge in [0, 0.05) is 22.9 Å². The molecule has 1 N–H and O–H groups in total. The number of ketones is 1. The first-order chi connectivity index (χ1) is 12.0. The summed E-state index contributed by atoms with van der Waals surface area (Å²) in [6.45, 7) is 1.58. The van der Waals surface area contributed by atoms with Crippen molar-refractivity contribution in [3.8, 4) is 11.1 Å². The Hall–Kier alpha value is -3.47. The van der Waals surface area contributed by atoms with Crippen LogP contribution in [0.2, 0.25) is 0 Å². The molecule has 0 aliphatic carbocycles. The summed E-state index contributed by atoms with van der Waals surface area (Å²) in [7, 11) is 0. The van der Waals surface area contributed by atoms with Crippen molar-refractivity contribution in [2.24, 2.45) is 0 Å². The van der Waals surface area contributed by atoms with E-state index >= 15 is 0 Å². The normalized spacial score (nSPS) is 10.4. The molecule has 3 aromatic rings. The van der Waals surface area contributed by atoms with Gasteiger partial charge in [-0.1, -0.05) is 54.6 Å². The van der Waals surface area contributed by atoms with Crippen LogP contribution in [0.5, 0.6) is 0 Å². The van der Waals surface area contributed by atoms with Crippen molar-refractivity contribution < 1.29 is 14.7 Å². The van der Waals surface area contributed by atoms with Gasteiger partial charge in [-0.25, -0.2) is 9.36 Å². The van der Waals surface area contributed by atoms with Gasteiger partial charge in [-0.05, 0) is 24.1 Å². The molecule has 0 spiro atoms. The molecule has 124 valence electrons. The van der Waals surface area contributed by atoms with Crippen LogP contribution in [0.1, 0.15) is 21.5 Å². The lowest BCUT2D eigenvalue weighted by molar-refractivity contribution is 0.103. The molecule has 0 aliphatic heterocycles. The maximum atomic E-state index is 12.4. The van der Waals surface area contributed by atoms with Crippen molar-refractivity contribution >= 4 is 11.9 Å². The van der Waals surface area contributed by atoms with Gasteiger partial charge in [-0.3, -0.25) is 9.59 Å². The number of carbonyl (C=O) groups excluding carboxylic acids is 1. The van der Waals surface area contributed by atoms with Gasteiger partial charge < -0.3 is 5.11 Å². The molecular formula is C20H15NO4. The first-order valence-electron chi connectivity index (χ1n) is 7.65. The molecular weight excluding hydrogens is 318 g/mol. The van der Waals surface area contributed by atoms with Crippen LogP contribution in [0, 0.1) is 6.92 Å². The Morgan fingerprint density at radius 1 is 0.880 bits per heavy atom. The lowest BCUT2D eigenvalue weighted by atomic mass is 9.98. The van der Waals surface area contributed by atoms with Crippen LogP contribution < -0.4 is 5.56 Å². The summed E-state index contributed by atoms with van der Waals surface area (Å²) in [5.41, 5.74) is 2.31. The maximum Gasteiger partial charge on any atom is 0.418 e. The lowest BCUT2D eigenvalue weighted by Gasteiger charge is -2.08. The van der Waals surface area contributed by atoms with Crippen LogP contribution in [0.4, 0.5) is 4.79 Å². The Labute approximate surface area is 143 Å². The minimum atomic E-state index is -1.32. The Morgan fingerprint density at radius 2 is 1.48 bits per heavy atom. The van der Waals surface area contributed by atoms with E-state index in [0.717, 1.165) is 5.56 Å². The van der Waals surface area contributed by atoms with Gasteiger partial charge in [0.05, 0.1) is 0 Å². The molecule has 5 nitrogen and oxygen atoms in total. The standard InChI is InChI=1S/C20H15NO4/c1-13-17(11-12-21(19(13)23)20(24)25)14-7-9-16(10-8-14)18(22)15-5-3-2-4-6-15/h2-12H,1H3,(H,24,25). The Kier molecular flexibility index (Phi) is 4.31. The molecule has 2 aromatic carbocycles. The van der Waals surface area contributed by atoms with Crippen LogP contribution in [0.3, 0.4) is 0 Å². The largest absolute Gasteiger partial charge is 0.464 e. The van der Waals surface area contributed by atoms with E-state index in [1.165, 1.54) is 6.20 Å². The lowest BCUT2D eigenvalue weighted by Crippen LogP contribution is -2.27. The Balaban J connectivity index is 1.96. The zero-order chi connectivity index (χ0) is 18.0. The molecule has 25 heavy (non-hydrogen) atoms. The summed E-state index contributed by atoms with van der Waals surface area (Å²) in [5, 5.41) is 8.98. The fraction of sp³-hybridized carbons (Fsp3) is 0.0500. The number of carboxylic acid groups (broad SMARTS) is 1. The molecule has 5 heteroatoms. The first kappa shape index (κ1) is 16.4. The second-order valence-electron chi connectivity index (χ2n) is 5.58. The van der Waals surface area contributed by atoms with Crippen molar-refractivity contribution in [2.75, 3.05) is 0 Å². The molecule has 1 aromatic heterocycles. The van der Waals surface area contributed by atoms with E-state index in [9.17, 15) is 14.4 Å². The number of aromatic nitrogens is 1. The summed E-state index contributed by atoms with van der Waals surface area (Å²) in [6, 6.07) is 17.5. The summed E-state index contributed by atoms with van der Waals surface area (Å²) < 4.78 is 0.645. The van der Waals surface area contributed by atoms with Crippen LogP contribution >= 0.6 is 0 Å². The van der Waals surface area contributed by atoms with Crippen LogP contribution in [0.25, 0.3) is 11.1 Å². The van der Waals surface area contributed by atoms with Gasteiger partial charge in [0.15, 0.2) is 5.78 Å². The average molecular weight is 333 g/mol. The monoisotopic (exact) mass is 333 g/mol. The molecule has 0 amide bonds. The second kappa shape index (κ2) is 6.57. The second-order valence-corrected chi connectivity index (χ2v) is 5.58. The fourth-order valence-corrected chi connectivity index (χ4v) is 2.66. The molecule has 0 unspecified atom stereocenters. The molecule has 0 radical (unpaired) electrons. The number of rotatable bonds is 3. The molecule has 0 atom stereocenters. The minimum absolute atomic E-state index is 0.0785. The van der Waals surface area contributed by atoms with Crippen molar-refractivity contribution in [2.45, 2.75) is 6.92 Å². The molecule has 0 saturated carbocycles. The smallest absolute Gasteiger partial charge is 0.418 e. The predicted molar refractivity (Wildman–Crippen MR) is 94.2 cm³/mol. The number of hydrogen-bond acceptors (Lipinski definition) is 3. The highest BCUT2D eigenvalue weighted by Gasteiger charge is 2.13. The summed E-state index contributed by atoms with van der Waals surface area (Å²) in [5.74, 6) is -0.0785.